The van der Waals surface area contributed by atoms with E-state index in [2.05, 4.69) is 289 Å². The van der Waals surface area contributed by atoms with Gasteiger partial charge in [-0.2, -0.15) is 0 Å². The van der Waals surface area contributed by atoms with Crippen molar-refractivity contribution in [3.8, 4) is 55.9 Å². The Morgan fingerprint density at radius 2 is 0.653 bits per heavy atom. The van der Waals surface area contributed by atoms with E-state index >= 15 is 0 Å². The van der Waals surface area contributed by atoms with Gasteiger partial charge in [0.15, 0.2) is 0 Å². The molecule has 1 aliphatic rings. The molecule has 1 aliphatic carbocycles. The van der Waals surface area contributed by atoms with Crippen molar-refractivity contribution >= 4 is 60.7 Å². The highest BCUT2D eigenvalue weighted by Crippen LogP contribution is 2.52. The molecule has 0 N–H and O–H groups in total. The lowest BCUT2D eigenvalue weighted by atomic mass is 9.81. The molecule has 72 heavy (non-hydrogen) atoms. The topological polar surface area (TPSA) is 13.1 Å². The zero-order valence-electron chi connectivity index (χ0n) is 40.2. The summed E-state index contributed by atoms with van der Waals surface area (Å²) in [7, 11) is 0. The first-order valence-electron chi connectivity index (χ1n) is 25.0. The van der Waals surface area contributed by atoms with Crippen LogP contribution in [0, 0.1) is 0 Å². The second-order valence-corrected chi connectivity index (χ2v) is 19.8. The highest BCUT2D eigenvalue weighted by atomic mass is 15.1. The van der Waals surface area contributed by atoms with Crippen LogP contribution in [0.1, 0.15) is 25.0 Å². The summed E-state index contributed by atoms with van der Waals surface area (Å²) in [6.45, 7) is 4.79. The summed E-state index contributed by atoms with van der Waals surface area (Å²) in [6.07, 6.45) is 0. The minimum absolute atomic E-state index is 0.244. The lowest BCUT2D eigenvalue weighted by molar-refractivity contribution is 0.660. The number of para-hydroxylation sites is 6. The van der Waals surface area contributed by atoms with E-state index in [9.17, 15) is 0 Å². The summed E-state index contributed by atoms with van der Waals surface area (Å²) in [4.78, 5) is 2.37. The van der Waals surface area contributed by atoms with Gasteiger partial charge in [-0.3, -0.25) is 0 Å². The Bertz CT molecular complexity index is 4010. The molecule has 2 aromatic heterocycles. The van der Waals surface area contributed by atoms with Crippen LogP contribution >= 0.6 is 0 Å². The van der Waals surface area contributed by atoms with E-state index in [1.807, 2.05) is 0 Å². The van der Waals surface area contributed by atoms with Crippen molar-refractivity contribution in [3.05, 3.63) is 272 Å². The van der Waals surface area contributed by atoms with E-state index in [0.717, 1.165) is 28.4 Å². The van der Waals surface area contributed by atoms with Crippen LogP contribution < -0.4 is 4.90 Å². The van der Waals surface area contributed by atoms with Gasteiger partial charge in [0, 0.05) is 55.4 Å². The third-order valence-corrected chi connectivity index (χ3v) is 15.3. The number of fused-ring (bicyclic) bond motifs is 9. The number of anilines is 3. The molecule has 3 heteroatoms. The van der Waals surface area contributed by atoms with Crippen LogP contribution in [0.15, 0.2) is 261 Å². The second kappa shape index (κ2) is 16.5. The average molecular weight is 920 g/mol. The molecule has 0 saturated heterocycles. The van der Waals surface area contributed by atoms with Gasteiger partial charge in [0.1, 0.15) is 0 Å². The summed E-state index contributed by atoms with van der Waals surface area (Å²) in [5.74, 6) is 0. The lowest BCUT2D eigenvalue weighted by Crippen LogP contribution is -2.16. The van der Waals surface area contributed by atoms with E-state index in [1.165, 1.54) is 99.2 Å². The molecule has 0 spiro atoms. The maximum Gasteiger partial charge on any atom is 0.0541 e. The molecular weight excluding hydrogens is 871 g/mol. The SMILES string of the molecule is CC1(C)c2cc(-c3cc(-c4ccc5c(c4)c4ccccc4n5-c4ccccc4)cc(-c4ccc5c(c4)c4ccccc4n5-c4ccccc4)c3)ccc2-c2ccc(N(c3ccccc3)c3ccccc3)cc21. The number of aromatic nitrogens is 2. The van der Waals surface area contributed by atoms with E-state index < -0.39 is 0 Å². The van der Waals surface area contributed by atoms with E-state index in [1.54, 1.807) is 0 Å². The molecule has 0 amide bonds. The minimum Gasteiger partial charge on any atom is -0.310 e. The standard InChI is InChI=1S/C69H49N3/c1-69(2)63-44-48(31-35-57(63)58-36-34-56(45-64(58)69)70(52-19-7-3-8-20-52)53-21-9-4-10-22-53)51-40-49(46-32-37-67-61(42-46)59-27-15-17-29-65(59)71(67)54-23-11-5-12-24-54)39-50(41-51)47-33-38-68-62(43-47)60-28-16-18-30-66(60)72(68)55-25-13-6-14-26-55/h3-45H,1-2H3. The summed E-state index contributed by atoms with van der Waals surface area (Å²) >= 11 is 0. The lowest BCUT2D eigenvalue weighted by Gasteiger charge is -2.28. The van der Waals surface area contributed by atoms with Crippen molar-refractivity contribution in [2.24, 2.45) is 0 Å². The maximum absolute atomic E-state index is 2.47. The van der Waals surface area contributed by atoms with Gasteiger partial charge in [-0.1, -0.05) is 153 Å². The molecule has 0 atom stereocenters. The Labute approximate surface area is 419 Å². The molecule has 2 heterocycles. The quantitative estimate of drug-likeness (QED) is 0.148. The number of hydrogen-bond donors (Lipinski definition) is 0. The normalized spacial score (nSPS) is 12.7. The van der Waals surface area contributed by atoms with Crippen molar-refractivity contribution in [2.75, 3.05) is 4.90 Å². The van der Waals surface area contributed by atoms with Gasteiger partial charge in [0.25, 0.3) is 0 Å². The predicted molar refractivity (Wildman–Crippen MR) is 304 cm³/mol. The molecule has 340 valence electrons. The van der Waals surface area contributed by atoms with Crippen molar-refractivity contribution in [1.82, 2.24) is 9.13 Å². The summed E-state index contributed by atoms with van der Waals surface area (Å²) in [5.41, 5.74) is 22.7. The molecule has 0 unspecified atom stereocenters. The van der Waals surface area contributed by atoms with Crippen molar-refractivity contribution in [3.63, 3.8) is 0 Å². The molecule has 0 fully saturated rings. The number of nitrogens with zero attached hydrogens (tertiary/aromatic N) is 3. The van der Waals surface area contributed by atoms with Crippen molar-refractivity contribution in [2.45, 2.75) is 19.3 Å². The minimum atomic E-state index is -0.244. The van der Waals surface area contributed by atoms with Crippen LogP contribution in [0.5, 0.6) is 0 Å². The molecular formula is C69H49N3. The first-order valence-corrected chi connectivity index (χ1v) is 25.0. The second-order valence-electron chi connectivity index (χ2n) is 19.8. The Kier molecular flexibility index (Phi) is 9.56. The third kappa shape index (κ3) is 6.66. The Hall–Kier alpha value is -9.18. The number of rotatable bonds is 8. The summed E-state index contributed by atoms with van der Waals surface area (Å²) in [5, 5.41) is 4.97. The fourth-order valence-corrected chi connectivity index (χ4v) is 11.8. The van der Waals surface area contributed by atoms with Crippen LogP contribution in [0.3, 0.4) is 0 Å². The number of hydrogen-bond acceptors (Lipinski definition) is 1. The van der Waals surface area contributed by atoms with Crippen LogP contribution in [-0.4, -0.2) is 9.13 Å². The Morgan fingerprint density at radius 1 is 0.278 bits per heavy atom. The smallest absolute Gasteiger partial charge is 0.0541 e. The van der Waals surface area contributed by atoms with Crippen molar-refractivity contribution < 1.29 is 0 Å². The van der Waals surface area contributed by atoms with Crippen LogP contribution in [0.25, 0.3) is 99.5 Å². The third-order valence-electron chi connectivity index (χ3n) is 15.3. The summed E-state index contributed by atoms with van der Waals surface area (Å²) in [6, 6.07) is 96.0. The molecule has 0 aliphatic heterocycles. The molecule has 0 radical (unpaired) electrons. The maximum atomic E-state index is 2.47. The monoisotopic (exact) mass is 919 g/mol. The van der Waals surface area contributed by atoms with Gasteiger partial charge in [-0.25, -0.2) is 0 Å². The molecule has 3 nitrogen and oxygen atoms in total. The molecule has 11 aromatic carbocycles. The van der Waals surface area contributed by atoms with Crippen LogP contribution in [0.4, 0.5) is 17.1 Å². The zero-order chi connectivity index (χ0) is 47.9. The van der Waals surface area contributed by atoms with Gasteiger partial charge < -0.3 is 14.0 Å². The fraction of sp³-hybridized carbons (Fsp3) is 0.0435. The highest BCUT2D eigenvalue weighted by Gasteiger charge is 2.36. The predicted octanol–water partition coefficient (Wildman–Crippen LogP) is 18.7. The average Bonchev–Trinajstić information content (AvgIpc) is 4.03. The highest BCUT2D eigenvalue weighted by molar-refractivity contribution is 6.12. The van der Waals surface area contributed by atoms with E-state index in [-0.39, 0.29) is 5.41 Å². The van der Waals surface area contributed by atoms with Gasteiger partial charge in [-0.05, 0) is 177 Å². The van der Waals surface area contributed by atoms with Gasteiger partial charge >= 0.3 is 0 Å². The largest absolute Gasteiger partial charge is 0.310 e. The van der Waals surface area contributed by atoms with E-state index in [4.69, 9.17) is 0 Å². The Morgan fingerprint density at radius 3 is 1.14 bits per heavy atom. The van der Waals surface area contributed by atoms with Crippen LogP contribution in [0.2, 0.25) is 0 Å². The van der Waals surface area contributed by atoms with Crippen molar-refractivity contribution in [1.29, 1.82) is 0 Å². The van der Waals surface area contributed by atoms with Crippen LogP contribution in [-0.2, 0) is 5.41 Å². The first kappa shape index (κ1) is 41.8. The molecule has 0 bridgehead atoms. The summed E-state index contributed by atoms with van der Waals surface area (Å²) < 4.78 is 4.79. The number of benzene rings is 11. The molecule has 0 saturated carbocycles. The molecule has 14 rings (SSSR count). The van der Waals surface area contributed by atoms with E-state index in [0.29, 0.717) is 0 Å². The fourth-order valence-electron chi connectivity index (χ4n) is 11.8. The molecule has 13 aromatic rings. The first-order chi connectivity index (χ1) is 35.5. The zero-order valence-corrected chi connectivity index (χ0v) is 40.2. The van der Waals surface area contributed by atoms with Gasteiger partial charge in [-0.15, -0.1) is 0 Å². The van der Waals surface area contributed by atoms with Gasteiger partial charge in [0.05, 0.1) is 22.1 Å². The Balaban J connectivity index is 0.933. The van der Waals surface area contributed by atoms with Gasteiger partial charge in [0.2, 0.25) is 0 Å².